The van der Waals surface area contributed by atoms with Gasteiger partial charge in [0.1, 0.15) is 22.1 Å². The predicted molar refractivity (Wildman–Crippen MR) is 119 cm³/mol. The molecule has 0 saturated heterocycles. The van der Waals surface area contributed by atoms with Gasteiger partial charge < -0.3 is 9.52 Å². The molecule has 2 aromatic carbocycles. The van der Waals surface area contributed by atoms with Crippen molar-refractivity contribution in [1.29, 1.82) is 0 Å². The second-order valence-electron chi connectivity index (χ2n) is 7.81. The summed E-state index contributed by atoms with van der Waals surface area (Å²) in [5.74, 6) is -1.76. The van der Waals surface area contributed by atoms with Crippen LogP contribution in [0.25, 0.3) is 32.4 Å². The van der Waals surface area contributed by atoms with Crippen molar-refractivity contribution in [1.82, 2.24) is 4.72 Å². The molecule has 0 radical (unpaired) electrons. The number of rotatable bonds is 6. The number of carboxylic acids is 1. The zero-order valence-corrected chi connectivity index (χ0v) is 18.9. The molecule has 4 rings (SSSR count). The van der Waals surface area contributed by atoms with E-state index in [4.69, 9.17) is 4.42 Å². The number of thiophene rings is 1. The highest BCUT2D eigenvalue weighted by Crippen LogP contribution is 2.40. The molecule has 0 saturated carbocycles. The number of halogens is 3. The van der Waals surface area contributed by atoms with Gasteiger partial charge in [-0.3, -0.25) is 4.79 Å². The van der Waals surface area contributed by atoms with Crippen LogP contribution in [0.3, 0.4) is 0 Å². The first-order valence-electron chi connectivity index (χ1n) is 9.75. The van der Waals surface area contributed by atoms with E-state index in [1.54, 1.807) is 32.0 Å². The standard InChI is InChI=1S/C22H18F3NO5S2/c1-11(2)20(21(27)28)26-33(29,30)13-4-5-14-15-9-12(3-6-16(15)31-17(14)10-13)18-7-8-19(32-18)22(23,24)25/h3-11,20,26H,1-2H3,(H,27,28)/t20-/m0/s1. The number of hydrogen-bond acceptors (Lipinski definition) is 5. The first-order valence-corrected chi connectivity index (χ1v) is 12.1. The van der Waals surface area contributed by atoms with Crippen LogP contribution in [-0.2, 0) is 21.0 Å². The summed E-state index contributed by atoms with van der Waals surface area (Å²) in [5, 5.41) is 10.5. The average molecular weight is 498 g/mol. The highest BCUT2D eigenvalue weighted by Gasteiger charge is 2.32. The van der Waals surface area contributed by atoms with Crippen molar-refractivity contribution in [3.63, 3.8) is 0 Å². The van der Waals surface area contributed by atoms with Gasteiger partial charge in [-0.05, 0) is 53.9 Å². The van der Waals surface area contributed by atoms with Crippen molar-refractivity contribution < 1.29 is 35.9 Å². The summed E-state index contributed by atoms with van der Waals surface area (Å²) >= 11 is 0.634. The number of nitrogens with one attached hydrogen (secondary N) is 1. The number of alkyl halides is 3. The molecule has 0 aliphatic heterocycles. The molecule has 0 amide bonds. The van der Waals surface area contributed by atoms with Crippen LogP contribution in [0.5, 0.6) is 0 Å². The quantitative estimate of drug-likeness (QED) is 0.355. The van der Waals surface area contributed by atoms with Crippen LogP contribution in [0.15, 0.2) is 57.8 Å². The highest BCUT2D eigenvalue weighted by molar-refractivity contribution is 7.89. The third-order valence-corrected chi connectivity index (χ3v) is 7.76. The number of furan rings is 1. The Bertz CT molecular complexity index is 1470. The number of aliphatic carboxylic acids is 1. The van der Waals surface area contributed by atoms with Crippen molar-refractivity contribution in [3.05, 3.63) is 53.4 Å². The summed E-state index contributed by atoms with van der Waals surface area (Å²) in [6, 6.07) is 10.2. The Kier molecular flexibility index (Phi) is 5.75. The lowest BCUT2D eigenvalue weighted by Gasteiger charge is -2.17. The van der Waals surface area contributed by atoms with Gasteiger partial charge in [-0.1, -0.05) is 13.8 Å². The number of fused-ring (bicyclic) bond motifs is 3. The number of sulfonamides is 1. The Balaban J connectivity index is 1.73. The van der Waals surface area contributed by atoms with Crippen molar-refractivity contribution in [2.75, 3.05) is 0 Å². The molecule has 0 aliphatic rings. The largest absolute Gasteiger partial charge is 0.480 e. The average Bonchev–Trinajstić information content (AvgIpc) is 3.35. The van der Waals surface area contributed by atoms with Gasteiger partial charge in [0, 0.05) is 21.7 Å². The Morgan fingerprint density at radius 2 is 1.76 bits per heavy atom. The van der Waals surface area contributed by atoms with Crippen LogP contribution in [0.1, 0.15) is 18.7 Å². The Hall–Kier alpha value is -2.89. The molecular formula is C22H18F3NO5S2. The maximum atomic E-state index is 12.9. The minimum atomic E-state index is -4.42. The lowest BCUT2D eigenvalue weighted by atomic mass is 10.1. The molecule has 4 aromatic rings. The maximum absolute atomic E-state index is 12.9. The maximum Gasteiger partial charge on any atom is 0.425 e. The Labute approximate surface area is 190 Å². The number of carboxylic acid groups (broad SMARTS) is 1. The highest BCUT2D eigenvalue weighted by atomic mass is 32.2. The number of carbonyl (C=O) groups is 1. The van der Waals surface area contributed by atoms with E-state index >= 15 is 0 Å². The van der Waals surface area contributed by atoms with Crippen LogP contribution >= 0.6 is 11.3 Å². The third-order valence-electron chi connectivity index (χ3n) is 5.14. The van der Waals surface area contributed by atoms with Gasteiger partial charge in [0.25, 0.3) is 0 Å². The second-order valence-corrected chi connectivity index (χ2v) is 10.6. The predicted octanol–water partition coefficient (Wildman–Crippen LogP) is 5.72. The van der Waals surface area contributed by atoms with Gasteiger partial charge in [-0.15, -0.1) is 11.3 Å². The second kappa shape index (κ2) is 8.15. The van der Waals surface area contributed by atoms with Gasteiger partial charge >= 0.3 is 12.1 Å². The SMILES string of the molecule is CC(C)[C@H](NS(=O)(=O)c1ccc2c(c1)oc1ccc(-c3ccc(C(F)(F)F)s3)cc12)C(=O)O. The van der Waals surface area contributed by atoms with Gasteiger partial charge in [-0.2, -0.15) is 17.9 Å². The fourth-order valence-electron chi connectivity index (χ4n) is 3.43. The van der Waals surface area contributed by atoms with E-state index in [-0.39, 0.29) is 10.5 Å². The fraction of sp³-hybridized carbons (Fsp3) is 0.227. The molecule has 0 unspecified atom stereocenters. The van der Waals surface area contributed by atoms with Gasteiger partial charge in [0.15, 0.2) is 0 Å². The fourth-order valence-corrected chi connectivity index (χ4v) is 5.65. The molecule has 6 nitrogen and oxygen atoms in total. The zero-order valence-electron chi connectivity index (χ0n) is 17.3. The molecule has 0 aliphatic carbocycles. The van der Waals surface area contributed by atoms with E-state index in [9.17, 15) is 31.5 Å². The molecule has 1 atom stereocenters. The first-order chi connectivity index (χ1) is 15.4. The summed E-state index contributed by atoms with van der Waals surface area (Å²) in [6.45, 7) is 3.18. The Morgan fingerprint density at radius 3 is 2.36 bits per heavy atom. The van der Waals surface area contributed by atoms with Crippen LogP contribution in [0.4, 0.5) is 13.2 Å². The van der Waals surface area contributed by atoms with Crippen molar-refractivity contribution in [3.8, 4) is 10.4 Å². The first kappa shape index (κ1) is 23.3. The van der Waals surface area contributed by atoms with Crippen LogP contribution in [-0.4, -0.2) is 25.5 Å². The molecule has 33 heavy (non-hydrogen) atoms. The number of benzene rings is 2. The minimum absolute atomic E-state index is 0.158. The van der Waals surface area contributed by atoms with Gasteiger partial charge in [0.2, 0.25) is 10.0 Å². The molecule has 0 fully saturated rings. The monoisotopic (exact) mass is 497 g/mol. The summed E-state index contributed by atoms with van der Waals surface area (Å²) in [5.41, 5.74) is 1.27. The summed E-state index contributed by atoms with van der Waals surface area (Å²) in [6.07, 6.45) is -4.42. The zero-order chi connectivity index (χ0) is 24.1. The number of hydrogen-bond donors (Lipinski definition) is 2. The molecule has 0 bridgehead atoms. The van der Waals surface area contributed by atoms with E-state index in [1.807, 2.05) is 0 Å². The summed E-state index contributed by atoms with van der Waals surface area (Å²) < 4.78 is 72.2. The Morgan fingerprint density at radius 1 is 1.03 bits per heavy atom. The summed E-state index contributed by atoms with van der Waals surface area (Å²) in [7, 11) is -4.14. The van der Waals surface area contributed by atoms with E-state index in [2.05, 4.69) is 4.72 Å². The lowest BCUT2D eigenvalue weighted by molar-refractivity contribution is -0.140. The molecule has 2 N–H and O–H groups in total. The van der Waals surface area contributed by atoms with E-state index in [0.717, 1.165) is 6.07 Å². The van der Waals surface area contributed by atoms with Crippen molar-refractivity contribution in [2.45, 2.75) is 31.0 Å². The smallest absolute Gasteiger partial charge is 0.425 e. The van der Waals surface area contributed by atoms with E-state index < -0.39 is 39.0 Å². The third kappa shape index (κ3) is 4.48. The normalized spacial score (nSPS) is 13.8. The molecule has 2 aromatic heterocycles. The van der Waals surface area contributed by atoms with E-state index in [0.29, 0.717) is 38.1 Å². The molecule has 2 heterocycles. The van der Waals surface area contributed by atoms with E-state index in [1.165, 1.54) is 24.3 Å². The molecule has 174 valence electrons. The van der Waals surface area contributed by atoms with Gasteiger partial charge in [-0.25, -0.2) is 8.42 Å². The summed E-state index contributed by atoms with van der Waals surface area (Å²) in [4.78, 5) is 11.0. The van der Waals surface area contributed by atoms with Crippen molar-refractivity contribution >= 4 is 49.3 Å². The van der Waals surface area contributed by atoms with Gasteiger partial charge in [0.05, 0.1) is 4.90 Å². The van der Waals surface area contributed by atoms with Crippen LogP contribution in [0, 0.1) is 5.92 Å². The lowest BCUT2D eigenvalue weighted by Crippen LogP contribution is -2.44. The molecule has 11 heteroatoms. The van der Waals surface area contributed by atoms with Crippen molar-refractivity contribution in [2.24, 2.45) is 5.92 Å². The molecule has 0 spiro atoms. The topological polar surface area (TPSA) is 96.6 Å². The van der Waals surface area contributed by atoms with Crippen LogP contribution < -0.4 is 4.72 Å². The molecular weight excluding hydrogens is 479 g/mol. The minimum Gasteiger partial charge on any atom is -0.480 e. The van der Waals surface area contributed by atoms with Crippen LogP contribution in [0.2, 0.25) is 0 Å².